The molecule has 0 bridgehead atoms. The Hall–Kier alpha value is -0.670. The van der Waals surface area contributed by atoms with Crippen molar-refractivity contribution in [3.05, 3.63) is 35.9 Å². The molecule has 3 atom stereocenters. The van der Waals surface area contributed by atoms with Gasteiger partial charge in [0.1, 0.15) is 0 Å². The zero-order chi connectivity index (χ0) is 11.8. The first-order valence-corrected chi connectivity index (χ1v) is 6.69. The first-order valence-electron chi connectivity index (χ1n) is 5.19. The fraction of sp³-hybridized carbons (Fsp3) is 0.455. The fourth-order valence-electron chi connectivity index (χ4n) is 2.05. The maximum Gasteiger partial charge on any atom is 0.408 e. The van der Waals surface area contributed by atoms with Gasteiger partial charge >= 0.3 is 7.75 Å². The van der Waals surface area contributed by atoms with Crippen LogP contribution in [0.25, 0.3) is 0 Å². The summed E-state index contributed by atoms with van der Waals surface area (Å²) in [6.07, 6.45) is 0. The SMILES string of the molecule is COP(=O)(OC)N1C(C)C1c1ccccc1. The van der Waals surface area contributed by atoms with E-state index >= 15 is 0 Å². The van der Waals surface area contributed by atoms with E-state index in [0.717, 1.165) is 5.56 Å². The van der Waals surface area contributed by atoms with E-state index in [2.05, 4.69) is 0 Å². The quantitative estimate of drug-likeness (QED) is 0.600. The Morgan fingerprint density at radius 1 is 1.19 bits per heavy atom. The predicted molar refractivity (Wildman–Crippen MR) is 62.1 cm³/mol. The number of rotatable bonds is 4. The molecule has 5 heteroatoms. The fourth-order valence-corrected chi connectivity index (χ4v) is 3.72. The van der Waals surface area contributed by atoms with Crippen molar-refractivity contribution in [2.45, 2.75) is 19.0 Å². The van der Waals surface area contributed by atoms with E-state index < -0.39 is 7.75 Å². The highest BCUT2D eigenvalue weighted by Gasteiger charge is 2.56. The van der Waals surface area contributed by atoms with E-state index in [4.69, 9.17) is 9.05 Å². The van der Waals surface area contributed by atoms with Gasteiger partial charge in [0.15, 0.2) is 0 Å². The Bertz CT molecular complexity index is 401. The van der Waals surface area contributed by atoms with Gasteiger partial charge in [-0.15, -0.1) is 0 Å². The van der Waals surface area contributed by atoms with Crippen LogP contribution >= 0.6 is 7.75 Å². The highest BCUT2D eigenvalue weighted by molar-refractivity contribution is 7.51. The minimum atomic E-state index is -3.09. The van der Waals surface area contributed by atoms with Crippen LogP contribution in [0.5, 0.6) is 0 Å². The van der Waals surface area contributed by atoms with Crippen molar-refractivity contribution in [2.75, 3.05) is 14.2 Å². The largest absolute Gasteiger partial charge is 0.408 e. The molecule has 0 N–H and O–H groups in total. The van der Waals surface area contributed by atoms with Crippen LogP contribution in [-0.2, 0) is 13.6 Å². The van der Waals surface area contributed by atoms with Gasteiger partial charge in [-0.25, -0.2) is 4.57 Å². The molecule has 1 aliphatic heterocycles. The molecule has 0 radical (unpaired) electrons. The zero-order valence-corrected chi connectivity index (χ0v) is 10.6. The Morgan fingerprint density at radius 2 is 1.75 bits per heavy atom. The van der Waals surface area contributed by atoms with Crippen molar-refractivity contribution in [3.63, 3.8) is 0 Å². The predicted octanol–water partition coefficient (Wildman–Crippen LogP) is 2.83. The van der Waals surface area contributed by atoms with Gasteiger partial charge < -0.3 is 0 Å². The molecule has 1 fully saturated rings. The third kappa shape index (κ3) is 1.82. The van der Waals surface area contributed by atoms with Gasteiger partial charge in [-0.1, -0.05) is 30.3 Å². The average molecular weight is 241 g/mol. The van der Waals surface area contributed by atoms with Crippen molar-refractivity contribution in [2.24, 2.45) is 0 Å². The van der Waals surface area contributed by atoms with Crippen LogP contribution in [0.1, 0.15) is 18.5 Å². The standard InChI is InChI=1S/C11H16NO3P/c1-9-11(10-7-5-4-6-8-10)12(9)16(13,14-2)15-3/h4-9,11H,1-3H3. The van der Waals surface area contributed by atoms with E-state index in [1.54, 1.807) is 4.67 Å². The monoisotopic (exact) mass is 241 g/mol. The Balaban J connectivity index is 2.21. The molecule has 1 aromatic rings. The lowest BCUT2D eigenvalue weighted by Crippen LogP contribution is -2.01. The van der Waals surface area contributed by atoms with Gasteiger partial charge in [-0.2, -0.15) is 4.67 Å². The van der Waals surface area contributed by atoms with Crippen LogP contribution < -0.4 is 0 Å². The molecule has 1 saturated heterocycles. The van der Waals surface area contributed by atoms with Gasteiger partial charge in [-0.05, 0) is 12.5 Å². The second kappa shape index (κ2) is 4.30. The van der Waals surface area contributed by atoms with Gasteiger partial charge in [-0.3, -0.25) is 9.05 Å². The molecule has 2 rings (SSSR count). The lowest BCUT2D eigenvalue weighted by Gasteiger charge is -2.15. The minimum Gasteiger partial charge on any atom is -0.300 e. The molecule has 0 saturated carbocycles. The summed E-state index contributed by atoms with van der Waals surface area (Å²) in [6, 6.07) is 10.3. The first kappa shape index (κ1) is 11.8. The molecular weight excluding hydrogens is 225 g/mol. The molecule has 88 valence electrons. The molecule has 3 unspecified atom stereocenters. The van der Waals surface area contributed by atoms with E-state index in [1.807, 2.05) is 37.3 Å². The third-order valence-electron chi connectivity index (χ3n) is 2.95. The van der Waals surface area contributed by atoms with E-state index in [1.165, 1.54) is 14.2 Å². The lowest BCUT2D eigenvalue weighted by atomic mass is 10.1. The van der Waals surface area contributed by atoms with Crippen molar-refractivity contribution in [1.82, 2.24) is 4.67 Å². The zero-order valence-electron chi connectivity index (χ0n) is 9.66. The van der Waals surface area contributed by atoms with Gasteiger partial charge in [0.05, 0.1) is 6.04 Å². The minimum absolute atomic E-state index is 0.131. The normalized spacial score (nSPS) is 29.1. The lowest BCUT2D eigenvalue weighted by molar-refractivity contribution is 0.242. The Labute approximate surface area is 95.8 Å². The summed E-state index contributed by atoms with van der Waals surface area (Å²) in [5.41, 5.74) is 1.14. The van der Waals surface area contributed by atoms with Crippen LogP contribution in [0.4, 0.5) is 0 Å². The van der Waals surface area contributed by atoms with Crippen LogP contribution in [0.2, 0.25) is 0 Å². The Kier molecular flexibility index (Phi) is 3.17. The molecule has 4 nitrogen and oxygen atoms in total. The summed E-state index contributed by atoms with van der Waals surface area (Å²) in [4.78, 5) is 0. The second-order valence-corrected chi connectivity index (χ2v) is 5.94. The van der Waals surface area contributed by atoms with Gasteiger partial charge in [0.25, 0.3) is 0 Å². The summed E-state index contributed by atoms with van der Waals surface area (Å²) < 4.78 is 24.0. The Morgan fingerprint density at radius 3 is 2.25 bits per heavy atom. The molecule has 0 amide bonds. The van der Waals surface area contributed by atoms with E-state index in [9.17, 15) is 4.57 Å². The average Bonchev–Trinajstić information content (AvgIpc) is 3.02. The van der Waals surface area contributed by atoms with Gasteiger partial charge in [0.2, 0.25) is 0 Å². The van der Waals surface area contributed by atoms with Crippen LogP contribution in [0, 0.1) is 0 Å². The van der Waals surface area contributed by atoms with E-state index in [0.29, 0.717) is 0 Å². The number of hydrogen-bond acceptors (Lipinski definition) is 3. The molecule has 0 spiro atoms. The van der Waals surface area contributed by atoms with Crippen LogP contribution in [0.15, 0.2) is 30.3 Å². The maximum absolute atomic E-state index is 12.2. The molecule has 0 aliphatic carbocycles. The summed E-state index contributed by atoms with van der Waals surface area (Å²) in [5, 5.41) is 0. The molecule has 1 heterocycles. The summed E-state index contributed by atoms with van der Waals surface area (Å²) in [7, 11) is -0.258. The van der Waals surface area contributed by atoms with Crippen molar-refractivity contribution in [3.8, 4) is 0 Å². The smallest absolute Gasteiger partial charge is 0.300 e. The topological polar surface area (TPSA) is 38.5 Å². The highest BCUT2D eigenvalue weighted by atomic mass is 31.2. The third-order valence-corrected chi connectivity index (χ3v) is 5.06. The first-order chi connectivity index (χ1) is 7.64. The number of nitrogens with zero attached hydrogens (tertiary/aromatic N) is 1. The van der Waals surface area contributed by atoms with Crippen molar-refractivity contribution >= 4 is 7.75 Å². The second-order valence-electron chi connectivity index (χ2n) is 3.81. The summed E-state index contributed by atoms with van der Waals surface area (Å²) >= 11 is 0. The molecule has 0 aromatic heterocycles. The van der Waals surface area contributed by atoms with Crippen molar-refractivity contribution < 1.29 is 13.6 Å². The summed E-state index contributed by atoms with van der Waals surface area (Å²) in [5.74, 6) is 0. The van der Waals surface area contributed by atoms with E-state index in [-0.39, 0.29) is 12.1 Å². The van der Waals surface area contributed by atoms with Crippen molar-refractivity contribution in [1.29, 1.82) is 0 Å². The molecule has 16 heavy (non-hydrogen) atoms. The molecule has 1 aromatic carbocycles. The van der Waals surface area contributed by atoms with Gasteiger partial charge in [0, 0.05) is 20.3 Å². The number of benzene rings is 1. The summed E-state index contributed by atoms with van der Waals surface area (Å²) in [6.45, 7) is 2.02. The van der Waals surface area contributed by atoms with Crippen LogP contribution in [-0.4, -0.2) is 24.9 Å². The number of hydrogen-bond donors (Lipinski definition) is 0. The maximum atomic E-state index is 12.2. The van der Waals surface area contributed by atoms with Crippen LogP contribution in [0.3, 0.4) is 0 Å². The molecular formula is C11H16NO3P. The highest BCUT2D eigenvalue weighted by Crippen LogP contribution is 2.65. The molecule has 1 aliphatic rings.